The molecule has 0 saturated carbocycles. The third kappa shape index (κ3) is 18.0. The summed E-state index contributed by atoms with van der Waals surface area (Å²) in [6.45, 7) is 22.5. The van der Waals surface area contributed by atoms with Gasteiger partial charge in [0.25, 0.3) is 0 Å². The van der Waals surface area contributed by atoms with Crippen LogP contribution in [0, 0.1) is 35.5 Å². The predicted octanol–water partition coefficient (Wildman–Crippen LogP) is 4.34. The van der Waals surface area contributed by atoms with Crippen molar-refractivity contribution in [3.8, 4) is 0 Å². The molecule has 5 aliphatic rings. The summed E-state index contributed by atoms with van der Waals surface area (Å²) < 4.78 is 73.9. The average Bonchev–Trinajstić information content (AvgIpc) is 3.38. The van der Waals surface area contributed by atoms with E-state index in [9.17, 15) is 34.5 Å². The van der Waals surface area contributed by atoms with Gasteiger partial charge in [-0.05, 0) is 85.5 Å². The molecule has 21 heteroatoms. The van der Waals surface area contributed by atoms with E-state index < -0.39 is 139 Å². The summed E-state index contributed by atoms with van der Waals surface area (Å²) in [5, 5.41) is 34.8. The lowest BCUT2D eigenvalue weighted by Crippen LogP contribution is -2.65. The van der Waals surface area contributed by atoms with Crippen LogP contribution in [0.2, 0.25) is 0 Å². The Kier molecular flexibility index (Phi) is 25.6. The Morgan fingerprint density at radius 3 is 2.15 bits per heavy atom. The first-order chi connectivity index (χ1) is 36.8. The number of carbonyl (C=O) groups excluding carboxylic acids is 4. The number of likely N-dealkylation sites (N-methyl/N-ethyl adjacent to an activating group) is 1. The van der Waals surface area contributed by atoms with Crippen LogP contribution in [-0.2, 0) is 76.0 Å². The third-order valence-corrected chi connectivity index (χ3v) is 16.0. The highest BCUT2D eigenvalue weighted by Crippen LogP contribution is 2.40. The predicted molar refractivity (Wildman–Crippen MR) is 284 cm³/mol. The summed E-state index contributed by atoms with van der Waals surface area (Å²) >= 11 is 0. The zero-order chi connectivity index (χ0) is 57.8. The number of aliphatic hydroxyl groups is 3. The van der Waals surface area contributed by atoms with E-state index in [-0.39, 0.29) is 43.5 Å². The van der Waals surface area contributed by atoms with Crippen molar-refractivity contribution < 1.29 is 91.3 Å². The molecular formula is C57H96N2O19. The van der Waals surface area contributed by atoms with Gasteiger partial charge in [0.15, 0.2) is 30.8 Å². The topological polar surface area (TPSA) is 246 Å². The second-order valence-corrected chi connectivity index (χ2v) is 23.2. The first-order valence-electron chi connectivity index (χ1n) is 28.3. The highest BCUT2D eigenvalue weighted by Gasteiger charge is 2.53. The Labute approximate surface area is 463 Å². The monoisotopic (exact) mass is 1110 g/mol. The van der Waals surface area contributed by atoms with Crippen molar-refractivity contribution >= 4 is 23.7 Å². The largest absolute Gasteiger partial charge is 0.462 e. The number of allylic oxidation sites excluding steroid dienone is 3. The normalized spacial score (nSPS) is 41.2. The van der Waals surface area contributed by atoms with E-state index in [1.54, 1.807) is 40.1 Å². The van der Waals surface area contributed by atoms with Gasteiger partial charge in [-0.3, -0.25) is 24.1 Å². The van der Waals surface area contributed by atoms with E-state index in [1.807, 2.05) is 59.4 Å². The first kappa shape index (κ1) is 65.8. The maximum atomic E-state index is 14.4. The lowest BCUT2D eigenvalue weighted by atomic mass is 9.79. The number of esters is 3. The van der Waals surface area contributed by atoms with Gasteiger partial charge in [0.1, 0.15) is 42.7 Å². The zero-order valence-corrected chi connectivity index (χ0v) is 49.1. The Balaban J connectivity index is 1.48. The summed E-state index contributed by atoms with van der Waals surface area (Å²) in [7, 11) is 6.55. The van der Waals surface area contributed by atoms with Gasteiger partial charge in [-0.15, -0.1) is 0 Å². The SMILES string of the molecule is CC[C@H]1OC(=O)C[C@@H](OC(C)=O)C(C)[C@@H](O[C@@H]2O[C@H](C)[C@@H](O[C@@H]3C[C@@H](C)[C@H](OC(=O)CC(C)C)[C@](C)(O)O3)[C@H](N(C)C)[C@H]2O)[C@@H](CCN2CCOCC2)C[C@@H](C)C(=O)/C=C/C(C)=C/[C@@H]1CO[C@@H]1O[C@H](C)[C@@H](O)[C@@H](OC)[C@H]1OC. The summed E-state index contributed by atoms with van der Waals surface area (Å²) in [5.41, 5.74) is 0.714. The van der Waals surface area contributed by atoms with Crippen LogP contribution in [0.15, 0.2) is 23.8 Å². The summed E-state index contributed by atoms with van der Waals surface area (Å²) in [5.74, 6) is -6.30. The van der Waals surface area contributed by atoms with E-state index in [0.717, 1.165) is 0 Å². The maximum absolute atomic E-state index is 14.4. The molecule has 4 saturated heterocycles. The number of rotatable bonds is 18. The van der Waals surface area contributed by atoms with Crippen molar-refractivity contribution in [2.24, 2.45) is 35.5 Å². The van der Waals surface area contributed by atoms with Crippen LogP contribution >= 0.6 is 0 Å². The van der Waals surface area contributed by atoms with Crippen LogP contribution < -0.4 is 0 Å². The fourth-order valence-electron chi connectivity index (χ4n) is 11.7. The number of ketones is 1. The third-order valence-electron chi connectivity index (χ3n) is 16.0. The molecule has 0 spiro atoms. The van der Waals surface area contributed by atoms with Gasteiger partial charge in [-0.1, -0.05) is 59.3 Å². The molecule has 4 fully saturated rings. The van der Waals surface area contributed by atoms with Crippen LogP contribution in [-0.4, -0.2) is 214 Å². The molecule has 5 rings (SSSR count). The maximum Gasteiger partial charge on any atom is 0.309 e. The number of hydrogen-bond acceptors (Lipinski definition) is 21. The second-order valence-electron chi connectivity index (χ2n) is 23.2. The van der Waals surface area contributed by atoms with Gasteiger partial charge in [0.2, 0.25) is 5.79 Å². The molecule has 1 unspecified atom stereocenters. The van der Waals surface area contributed by atoms with Crippen molar-refractivity contribution in [2.75, 3.05) is 67.8 Å². The molecule has 448 valence electrons. The highest BCUT2D eigenvalue weighted by atomic mass is 16.8. The quantitative estimate of drug-likeness (QED) is 0.128. The molecule has 0 aromatic rings. The number of cyclic esters (lactones) is 1. The number of ether oxygens (including phenoxy) is 12. The Hall–Kier alpha value is -3.00. The van der Waals surface area contributed by atoms with Crippen LogP contribution in [0.4, 0.5) is 0 Å². The molecule has 0 bridgehead atoms. The zero-order valence-electron chi connectivity index (χ0n) is 49.1. The molecule has 5 aliphatic heterocycles. The number of methoxy groups -OCH3 is 2. The molecule has 0 aromatic heterocycles. The standard InChI is InChI=1S/C57H96N2O19/c1-16-42-40(30-70-56-53(68-15)52(67-14)48(64)36(8)71-56)26-32(4)17-18-41(61)33(5)27-39(19-20-59-21-23-69-24-22-59)50(35(7)43(73-38(10)60)29-45(63)74-42)77-55-49(65)47(58(12)13)51(37(9)72-55)76-46-28-34(6)54(57(11,66)78-46)75-44(62)25-31(2)3/h17-18,26,31,33-37,39-40,42-43,46-56,64-66H,16,19-25,27-30H2,1-15H3/b18-17+,32-26+/t33-,34-,35?,36-,37-,39+,40-,42-,43-,46+,47-,48-,49-,50-,51-,52-,53-,54+,55+,56-,57-/m1/s1. The minimum absolute atomic E-state index is 0.0125. The van der Waals surface area contributed by atoms with Gasteiger partial charge in [-0.2, -0.15) is 0 Å². The lowest BCUT2D eigenvalue weighted by molar-refractivity contribution is -0.378. The first-order valence-corrected chi connectivity index (χ1v) is 28.3. The number of morpholine rings is 1. The summed E-state index contributed by atoms with van der Waals surface area (Å²) in [4.78, 5) is 58.6. The fourth-order valence-corrected chi connectivity index (χ4v) is 11.7. The van der Waals surface area contributed by atoms with E-state index in [4.69, 9.17) is 56.8 Å². The van der Waals surface area contributed by atoms with Crippen LogP contribution in [0.1, 0.15) is 115 Å². The van der Waals surface area contributed by atoms with E-state index in [1.165, 1.54) is 28.1 Å². The van der Waals surface area contributed by atoms with E-state index in [2.05, 4.69) is 4.90 Å². The molecule has 21 atom stereocenters. The Morgan fingerprint density at radius 1 is 0.885 bits per heavy atom. The number of carbonyl (C=O) groups is 4. The van der Waals surface area contributed by atoms with Crippen molar-refractivity contribution in [3.63, 3.8) is 0 Å². The average molecular weight is 1110 g/mol. The van der Waals surface area contributed by atoms with Gasteiger partial charge in [-0.25, -0.2) is 0 Å². The lowest BCUT2D eigenvalue weighted by Gasteiger charge is -2.50. The number of aliphatic hydroxyl groups excluding tert-OH is 2. The van der Waals surface area contributed by atoms with Gasteiger partial charge in [0.05, 0.1) is 50.6 Å². The van der Waals surface area contributed by atoms with Gasteiger partial charge < -0.3 is 77.1 Å². The molecule has 5 heterocycles. The minimum Gasteiger partial charge on any atom is -0.462 e. The molecule has 78 heavy (non-hydrogen) atoms. The molecule has 3 N–H and O–H groups in total. The van der Waals surface area contributed by atoms with E-state index >= 15 is 0 Å². The van der Waals surface area contributed by atoms with Crippen LogP contribution in [0.5, 0.6) is 0 Å². The molecule has 21 nitrogen and oxygen atoms in total. The van der Waals surface area contributed by atoms with Crippen LogP contribution in [0.25, 0.3) is 0 Å². The molecular weight excluding hydrogens is 1020 g/mol. The molecule has 0 amide bonds. The van der Waals surface area contributed by atoms with Crippen LogP contribution in [0.3, 0.4) is 0 Å². The smallest absolute Gasteiger partial charge is 0.309 e. The van der Waals surface area contributed by atoms with Crippen molar-refractivity contribution in [1.82, 2.24) is 9.80 Å². The van der Waals surface area contributed by atoms with Crippen molar-refractivity contribution in [2.45, 2.75) is 213 Å². The number of hydrogen-bond donors (Lipinski definition) is 3. The Morgan fingerprint density at radius 2 is 1.55 bits per heavy atom. The van der Waals surface area contributed by atoms with Gasteiger partial charge in [0, 0.05) is 70.7 Å². The second kappa shape index (κ2) is 30.3. The van der Waals surface area contributed by atoms with Crippen molar-refractivity contribution in [1.29, 1.82) is 0 Å². The Bertz CT molecular complexity index is 1960. The molecule has 0 aliphatic carbocycles. The fraction of sp³-hybridized carbons (Fsp3) is 0.860. The van der Waals surface area contributed by atoms with Gasteiger partial charge >= 0.3 is 17.9 Å². The summed E-state index contributed by atoms with van der Waals surface area (Å²) in [6.07, 6.45) is -6.50. The minimum atomic E-state index is -1.89. The number of nitrogens with zero attached hydrogens (tertiary/aromatic N) is 2. The highest BCUT2D eigenvalue weighted by molar-refractivity contribution is 5.91. The molecule has 0 radical (unpaired) electrons. The summed E-state index contributed by atoms with van der Waals surface area (Å²) in [6, 6.07) is -0.761. The van der Waals surface area contributed by atoms with E-state index in [0.29, 0.717) is 57.7 Å². The molecule has 0 aromatic carbocycles. The van der Waals surface area contributed by atoms with Crippen molar-refractivity contribution in [3.05, 3.63) is 23.8 Å².